The zero-order chi connectivity index (χ0) is 17.6. The van der Waals surface area contributed by atoms with Crippen LogP contribution in [0.2, 0.25) is 0 Å². The number of aromatic amines is 1. The molecule has 8 heteroatoms. The summed E-state index contributed by atoms with van der Waals surface area (Å²) in [6, 6.07) is 7.35. The Morgan fingerprint density at radius 2 is 1.83 bits per heavy atom. The number of hydrogen-bond acceptors (Lipinski definition) is 3. The van der Waals surface area contributed by atoms with Gasteiger partial charge in [-0.25, -0.2) is 0 Å². The first-order valence-corrected chi connectivity index (χ1v) is 7.49. The van der Waals surface area contributed by atoms with Crippen LogP contribution in [0, 0.1) is 0 Å². The monoisotopic (exact) mass is 398 g/mol. The van der Waals surface area contributed by atoms with Crippen molar-refractivity contribution in [3.8, 4) is 16.9 Å². The largest absolute Gasteiger partial charge is 0.507 e. The zero-order valence-electron chi connectivity index (χ0n) is 11.9. The molecule has 0 fully saturated rings. The quantitative estimate of drug-likeness (QED) is 0.572. The molecule has 2 aromatic carbocycles. The minimum atomic E-state index is -4.55. The summed E-state index contributed by atoms with van der Waals surface area (Å²) in [5.74, 6) is -0.200. The van der Waals surface area contributed by atoms with Crippen molar-refractivity contribution in [1.82, 2.24) is 4.98 Å². The second-order valence-corrected chi connectivity index (χ2v) is 6.08. The minimum absolute atomic E-state index is 0.0543. The number of H-pyrrole nitrogens is 1. The molecule has 0 amide bonds. The van der Waals surface area contributed by atoms with E-state index in [1.165, 1.54) is 12.1 Å². The van der Waals surface area contributed by atoms with Gasteiger partial charge in [0, 0.05) is 26.5 Å². The van der Waals surface area contributed by atoms with Crippen molar-refractivity contribution in [1.29, 1.82) is 0 Å². The number of aromatic hydroxyl groups is 1. The Labute approximate surface area is 141 Å². The summed E-state index contributed by atoms with van der Waals surface area (Å²) in [7, 11) is 0. The van der Waals surface area contributed by atoms with Crippen molar-refractivity contribution >= 4 is 32.5 Å². The van der Waals surface area contributed by atoms with Gasteiger partial charge in [-0.05, 0) is 36.4 Å². The molecule has 0 aliphatic carbocycles. The Morgan fingerprint density at radius 1 is 1.12 bits per heavy atom. The Balaban J connectivity index is 2.46. The molecule has 3 rings (SSSR count). The van der Waals surface area contributed by atoms with Crippen molar-refractivity contribution in [3.05, 3.63) is 56.8 Å². The van der Waals surface area contributed by atoms with E-state index >= 15 is 0 Å². The van der Waals surface area contributed by atoms with Crippen LogP contribution in [0.4, 0.5) is 18.9 Å². The molecule has 0 bridgehead atoms. The van der Waals surface area contributed by atoms with Crippen LogP contribution in [-0.2, 0) is 6.18 Å². The number of nitrogen functional groups attached to an aromatic ring is 1. The van der Waals surface area contributed by atoms with Gasteiger partial charge in [0.05, 0.1) is 5.56 Å². The molecule has 0 unspecified atom stereocenters. The lowest BCUT2D eigenvalue weighted by atomic mass is 9.97. The Bertz CT molecular complexity index is 1010. The van der Waals surface area contributed by atoms with Gasteiger partial charge in [-0.2, -0.15) is 13.2 Å². The van der Waals surface area contributed by atoms with E-state index in [9.17, 15) is 23.1 Å². The number of nitrogens with two attached hydrogens (primary N) is 1. The normalized spacial score (nSPS) is 11.8. The number of anilines is 1. The summed E-state index contributed by atoms with van der Waals surface area (Å²) < 4.78 is 39.6. The van der Waals surface area contributed by atoms with E-state index in [0.29, 0.717) is 4.47 Å². The van der Waals surface area contributed by atoms with Crippen LogP contribution in [-0.4, -0.2) is 10.1 Å². The maximum absolute atomic E-state index is 13.0. The fourth-order valence-corrected chi connectivity index (χ4v) is 2.84. The molecule has 124 valence electrons. The molecule has 0 aliphatic rings. The molecule has 24 heavy (non-hydrogen) atoms. The van der Waals surface area contributed by atoms with Gasteiger partial charge in [-0.15, -0.1) is 0 Å². The van der Waals surface area contributed by atoms with E-state index in [0.717, 1.165) is 18.2 Å². The van der Waals surface area contributed by atoms with E-state index in [2.05, 4.69) is 20.9 Å². The highest BCUT2D eigenvalue weighted by molar-refractivity contribution is 9.10. The molecule has 0 radical (unpaired) electrons. The number of aromatic nitrogens is 1. The summed E-state index contributed by atoms with van der Waals surface area (Å²) in [4.78, 5) is 14.4. The topological polar surface area (TPSA) is 79.1 Å². The van der Waals surface area contributed by atoms with Gasteiger partial charge >= 0.3 is 6.18 Å². The van der Waals surface area contributed by atoms with Gasteiger partial charge in [0.1, 0.15) is 11.4 Å². The lowest BCUT2D eigenvalue weighted by Gasteiger charge is -2.14. The van der Waals surface area contributed by atoms with Gasteiger partial charge in [-0.3, -0.25) is 4.79 Å². The third-order valence-electron chi connectivity index (χ3n) is 3.61. The molecule has 1 aromatic heterocycles. The Kier molecular flexibility index (Phi) is 3.79. The first kappa shape index (κ1) is 16.4. The Morgan fingerprint density at radius 3 is 2.50 bits per heavy atom. The van der Waals surface area contributed by atoms with Gasteiger partial charge in [0.25, 0.3) is 5.56 Å². The van der Waals surface area contributed by atoms with Gasteiger partial charge in [0.2, 0.25) is 0 Å². The third-order valence-corrected chi connectivity index (χ3v) is 4.10. The highest BCUT2D eigenvalue weighted by atomic mass is 79.9. The first-order valence-electron chi connectivity index (χ1n) is 6.70. The number of hydrogen-bond donors (Lipinski definition) is 3. The zero-order valence-corrected chi connectivity index (χ0v) is 13.5. The van der Waals surface area contributed by atoms with Crippen molar-refractivity contribution in [3.63, 3.8) is 0 Å². The third kappa shape index (κ3) is 2.73. The molecular formula is C16H10BrF3N2O2. The van der Waals surface area contributed by atoms with Crippen LogP contribution in [0.5, 0.6) is 5.75 Å². The molecule has 0 atom stereocenters. The number of alkyl halides is 3. The Hall–Kier alpha value is -2.48. The average Bonchev–Trinajstić information content (AvgIpc) is 2.50. The number of phenolic OH excluding ortho intramolecular Hbond substituents is 1. The molecule has 0 saturated carbocycles. The van der Waals surface area contributed by atoms with Crippen LogP contribution >= 0.6 is 15.9 Å². The number of benzene rings is 2. The van der Waals surface area contributed by atoms with Crippen LogP contribution in [0.25, 0.3) is 22.0 Å². The second kappa shape index (κ2) is 5.55. The fourth-order valence-electron chi connectivity index (χ4n) is 2.48. The predicted octanol–water partition coefficient (Wildman–Crippen LogP) is 4.26. The molecule has 0 spiro atoms. The van der Waals surface area contributed by atoms with Gasteiger partial charge < -0.3 is 15.8 Å². The highest BCUT2D eigenvalue weighted by Crippen LogP contribution is 2.40. The van der Waals surface area contributed by atoms with Crippen LogP contribution in [0.3, 0.4) is 0 Å². The molecule has 4 nitrogen and oxygen atoms in total. The van der Waals surface area contributed by atoms with Crippen molar-refractivity contribution < 1.29 is 18.3 Å². The van der Waals surface area contributed by atoms with Crippen molar-refractivity contribution in [2.24, 2.45) is 0 Å². The highest BCUT2D eigenvalue weighted by Gasteiger charge is 2.31. The van der Waals surface area contributed by atoms with Crippen LogP contribution < -0.4 is 11.3 Å². The maximum atomic E-state index is 13.0. The van der Waals surface area contributed by atoms with Gasteiger partial charge in [-0.1, -0.05) is 15.9 Å². The van der Waals surface area contributed by atoms with Crippen molar-refractivity contribution in [2.45, 2.75) is 6.18 Å². The maximum Gasteiger partial charge on any atom is 0.416 e. The molecule has 4 N–H and O–H groups in total. The fraction of sp³-hybridized carbons (Fsp3) is 0.0625. The van der Waals surface area contributed by atoms with Gasteiger partial charge in [0.15, 0.2) is 0 Å². The summed E-state index contributed by atoms with van der Waals surface area (Å²) >= 11 is 3.23. The lowest BCUT2D eigenvalue weighted by molar-refractivity contribution is -0.137. The number of phenols is 1. The standard InChI is InChI=1S/C16H10BrF3N2O2/c17-8-2-4-12(23)10(6-8)13-9-5-7(16(18,19)20)1-3-11(9)22-15(24)14(13)21/h1-6,23H,21H2,(H,22,24). The van der Waals surface area contributed by atoms with E-state index < -0.39 is 17.3 Å². The van der Waals surface area contributed by atoms with Crippen LogP contribution in [0.1, 0.15) is 5.56 Å². The smallest absolute Gasteiger partial charge is 0.416 e. The average molecular weight is 399 g/mol. The van der Waals surface area contributed by atoms with Crippen molar-refractivity contribution in [2.75, 3.05) is 5.73 Å². The number of nitrogens with one attached hydrogen (secondary N) is 1. The number of halogens is 4. The van der Waals surface area contributed by atoms with E-state index in [1.54, 1.807) is 6.07 Å². The molecule has 0 aliphatic heterocycles. The summed E-state index contributed by atoms with van der Waals surface area (Å²) in [5.41, 5.74) is 4.43. The van der Waals surface area contributed by atoms with Crippen LogP contribution in [0.15, 0.2) is 45.7 Å². The summed E-state index contributed by atoms with van der Waals surface area (Å²) in [6.07, 6.45) is -4.55. The molecule has 1 heterocycles. The van der Waals surface area contributed by atoms with E-state index in [1.807, 2.05) is 0 Å². The van der Waals surface area contributed by atoms with E-state index in [4.69, 9.17) is 5.73 Å². The molecule has 3 aromatic rings. The molecular weight excluding hydrogens is 389 g/mol. The molecule has 0 saturated heterocycles. The second-order valence-electron chi connectivity index (χ2n) is 5.16. The lowest BCUT2D eigenvalue weighted by Crippen LogP contribution is -2.14. The first-order chi connectivity index (χ1) is 11.2. The minimum Gasteiger partial charge on any atom is -0.507 e. The number of fused-ring (bicyclic) bond motifs is 1. The summed E-state index contributed by atoms with van der Waals surface area (Å²) in [6.45, 7) is 0. The predicted molar refractivity (Wildman–Crippen MR) is 88.8 cm³/mol. The van der Waals surface area contributed by atoms with E-state index in [-0.39, 0.29) is 33.5 Å². The summed E-state index contributed by atoms with van der Waals surface area (Å²) in [5, 5.41) is 10.2. The number of rotatable bonds is 1. The SMILES string of the molecule is Nc1c(-c2cc(Br)ccc2O)c2cc(C(F)(F)F)ccc2[nH]c1=O. The number of pyridine rings is 1.